The maximum Gasteiger partial charge on any atom is 0.322 e. The van der Waals surface area contributed by atoms with Gasteiger partial charge >= 0.3 is 5.97 Å². The van der Waals surface area contributed by atoms with E-state index in [4.69, 9.17) is 5.11 Å². The number of carbonyl (C=O) groups is 2. The van der Waals surface area contributed by atoms with Gasteiger partial charge in [0.25, 0.3) is 5.91 Å². The van der Waals surface area contributed by atoms with Gasteiger partial charge in [0.1, 0.15) is 12.2 Å². The normalized spacial score (nSPS) is 9.33. The number of amides is 1. The molecule has 1 rings (SSSR count). The molecule has 0 spiro atoms. The molecule has 1 aromatic heterocycles. The molecule has 0 unspecified atom stereocenters. The van der Waals surface area contributed by atoms with E-state index in [1.165, 1.54) is 12.3 Å². The van der Waals surface area contributed by atoms with Crippen molar-refractivity contribution in [3.63, 3.8) is 0 Å². The van der Waals surface area contributed by atoms with Gasteiger partial charge in [-0.05, 0) is 6.07 Å². The highest BCUT2D eigenvalue weighted by Gasteiger charge is 2.07. The SMILES string of the molecule is O=C(O)CNC(=O)c1cc[nH]n1. The van der Waals surface area contributed by atoms with Gasteiger partial charge in [-0.2, -0.15) is 5.10 Å². The van der Waals surface area contributed by atoms with E-state index in [9.17, 15) is 9.59 Å². The topological polar surface area (TPSA) is 95.1 Å². The van der Waals surface area contributed by atoms with Crippen LogP contribution >= 0.6 is 0 Å². The van der Waals surface area contributed by atoms with Crippen LogP contribution in [0.4, 0.5) is 0 Å². The summed E-state index contributed by atoms with van der Waals surface area (Å²) in [4.78, 5) is 21.0. The third-order valence-corrected chi connectivity index (χ3v) is 1.13. The van der Waals surface area contributed by atoms with E-state index < -0.39 is 18.4 Å². The first-order valence-electron chi connectivity index (χ1n) is 3.20. The molecular weight excluding hydrogens is 162 g/mol. The summed E-state index contributed by atoms with van der Waals surface area (Å²) >= 11 is 0. The molecule has 0 radical (unpaired) electrons. The van der Waals surface area contributed by atoms with Crippen molar-refractivity contribution in [3.05, 3.63) is 18.0 Å². The molecule has 1 heterocycles. The lowest BCUT2D eigenvalue weighted by atomic mass is 10.4. The molecule has 0 bridgehead atoms. The predicted molar refractivity (Wildman–Crippen MR) is 38.6 cm³/mol. The zero-order valence-electron chi connectivity index (χ0n) is 6.07. The van der Waals surface area contributed by atoms with Crippen LogP contribution in [0.5, 0.6) is 0 Å². The minimum absolute atomic E-state index is 0.177. The van der Waals surface area contributed by atoms with Crippen molar-refractivity contribution in [1.82, 2.24) is 15.5 Å². The van der Waals surface area contributed by atoms with Crippen molar-refractivity contribution in [1.29, 1.82) is 0 Å². The van der Waals surface area contributed by atoms with Gasteiger partial charge in [0.15, 0.2) is 0 Å². The van der Waals surface area contributed by atoms with Crippen LogP contribution in [0, 0.1) is 0 Å². The van der Waals surface area contributed by atoms with Crippen LogP contribution in [0.2, 0.25) is 0 Å². The summed E-state index contributed by atoms with van der Waals surface area (Å²) in [5.74, 6) is -1.59. The number of nitrogens with one attached hydrogen (secondary N) is 2. The van der Waals surface area contributed by atoms with E-state index in [-0.39, 0.29) is 5.69 Å². The van der Waals surface area contributed by atoms with Gasteiger partial charge in [-0.3, -0.25) is 14.7 Å². The number of hydrogen-bond acceptors (Lipinski definition) is 3. The van der Waals surface area contributed by atoms with Gasteiger partial charge < -0.3 is 10.4 Å². The molecule has 6 heteroatoms. The molecule has 6 nitrogen and oxygen atoms in total. The number of hydrogen-bond donors (Lipinski definition) is 3. The first-order chi connectivity index (χ1) is 5.70. The van der Waals surface area contributed by atoms with Crippen LogP contribution in [0.15, 0.2) is 12.3 Å². The summed E-state index contributed by atoms with van der Waals surface area (Å²) < 4.78 is 0. The Bertz CT molecular complexity index is 280. The lowest BCUT2D eigenvalue weighted by Gasteiger charge is -1.96. The molecule has 0 saturated heterocycles. The Hall–Kier alpha value is -1.85. The minimum atomic E-state index is -1.08. The lowest BCUT2D eigenvalue weighted by molar-refractivity contribution is -0.135. The van der Waals surface area contributed by atoms with E-state index in [2.05, 4.69) is 15.5 Å². The fourth-order valence-corrected chi connectivity index (χ4v) is 0.633. The Balaban J connectivity index is 2.45. The number of carbonyl (C=O) groups excluding carboxylic acids is 1. The van der Waals surface area contributed by atoms with Crippen LogP contribution in [-0.4, -0.2) is 33.7 Å². The van der Waals surface area contributed by atoms with Crippen LogP contribution in [0.1, 0.15) is 10.5 Å². The maximum absolute atomic E-state index is 11.0. The second-order valence-electron chi connectivity index (χ2n) is 2.04. The molecule has 1 aromatic rings. The lowest BCUT2D eigenvalue weighted by Crippen LogP contribution is -2.29. The van der Waals surface area contributed by atoms with Crippen LogP contribution in [0.25, 0.3) is 0 Å². The average Bonchev–Trinajstić information content (AvgIpc) is 2.51. The second kappa shape index (κ2) is 3.51. The number of nitrogens with zero attached hydrogens (tertiary/aromatic N) is 1. The number of rotatable bonds is 3. The Morgan fingerprint density at radius 1 is 1.67 bits per heavy atom. The molecule has 3 N–H and O–H groups in total. The summed E-state index contributed by atoms with van der Waals surface area (Å²) in [7, 11) is 0. The highest BCUT2D eigenvalue weighted by Crippen LogP contribution is 1.89. The van der Waals surface area contributed by atoms with E-state index >= 15 is 0 Å². The molecule has 0 aliphatic rings. The molecule has 0 atom stereocenters. The molecule has 12 heavy (non-hydrogen) atoms. The van der Waals surface area contributed by atoms with Gasteiger partial charge in [0.05, 0.1) is 0 Å². The minimum Gasteiger partial charge on any atom is -0.480 e. The number of carboxylic acid groups (broad SMARTS) is 1. The number of aromatic amines is 1. The summed E-state index contributed by atoms with van der Waals surface area (Å²) in [5.41, 5.74) is 0.177. The monoisotopic (exact) mass is 169 g/mol. The third kappa shape index (κ3) is 2.08. The summed E-state index contributed by atoms with van der Waals surface area (Å²) in [5, 5.41) is 16.4. The Labute approximate surface area is 67.6 Å². The quantitative estimate of drug-likeness (QED) is 0.553. The third-order valence-electron chi connectivity index (χ3n) is 1.13. The maximum atomic E-state index is 11.0. The van der Waals surface area contributed by atoms with E-state index in [0.29, 0.717) is 0 Å². The molecule has 1 amide bonds. The van der Waals surface area contributed by atoms with Crippen molar-refractivity contribution in [2.45, 2.75) is 0 Å². The molecule has 0 aliphatic carbocycles. The number of carboxylic acids is 1. The first kappa shape index (κ1) is 8.25. The zero-order valence-corrected chi connectivity index (χ0v) is 6.07. The Morgan fingerprint density at radius 2 is 2.42 bits per heavy atom. The molecule has 0 saturated carbocycles. The highest BCUT2D eigenvalue weighted by atomic mass is 16.4. The number of H-pyrrole nitrogens is 1. The van der Waals surface area contributed by atoms with Gasteiger partial charge in [-0.15, -0.1) is 0 Å². The fourth-order valence-electron chi connectivity index (χ4n) is 0.633. The van der Waals surface area contributed by atoms with Crippen molar-refractivity contribution in [2.24, 2.45) is 0 Å². The van der Waals surface area contributed by atoms with Crippen LogP contribution in [0.3, 0.4) is 0 Å². The molecule has 0 aromatic carbocycles. The Kier molecular flexibility index (Phi) is 2.42. The number of aliphatic carboxylic acids is 1. The van der Waals surface area contributed by atoms with Crippen LogP contribution < -0.4 is 5.32 Å². The largest absolute Gasteiger partial charge is 0.480 e. The zero-order chi connectivity index (χ0) is 8.97. The van der Waals surface area contributed by atoms with Crippen molar-refractivity contribution in [2.75, 3.05) is 6.54 Å². The summed E-state index contributed by atoms with van der Waals surface area (Å²) in [6, 6.07) is 1.46. The van der Waals surface area contributed by atoms with Gasteiger partial charge in [0.2, 0.25) is 0 Å². The second-order valence-corrected chi connectivity index (χ2v) is 2.04. The average molecular weight is 169 g/mol. The van der Waals surface area contributed by atoms with Crippen molar-refractivity contribution < 1.29 is 14.7 Å². The van der Waals surface area contributed by atoms with Gasteiger partial charge in [0, 0.05) is 6.20 Å². The first-order valence-corrected chi connectivity index (χ1v) is 3.20. The van der Waals surface area contributed by atoms with Gasteiger partial charge in [-0.25, -0.2) is 0 Å². The van der Waals surface area contributed by atoms with E-state index in [1.807, 2.05) is 0 Å². The summed E-state index contributed by atoms with van der Waals surface area (Å²) in [6.45, 7) is -0.397. The van der Waals surface area contributed by atoms with E-state index in [0.717, 1.165) is 0 Å². The highest BCUT2D eigenvalue weighted by molar-refractivity contribution is 5.93. The smallest absolute Gasteiger partial charge is 0.322 e. The van der Waals surface area contributed by atoms with E-state index in [1.54, 1.807) is 0 Å². The van der Waals surface area contributed by atoms with Crippen LogP contribution in [-0.2, 0) is 4.79 Å². The van der Waals surface area contributed by atoms with Crippen molar-refractivity contribution >= 4 is 11.9 Å². The fraction of sp³-hybridized carbons (Fsp3) is 0.167. The Morgan fingerprint density at radius 3 is 2.92 bits per heavy atom. The molecule has 64 valence electrons. The summed E-state index contributed by atoms with van der Waals surface area (Å²) in [6.07, 6.45) is 1.48. The van der Waals surface area contributed by atoms with Gasteiger partial charge in [-0.1, -0.05) is 0 Å². The standard InChI is InChI=1S/C6H7N3O3/c10-5(11)3-7-6(12)4-1-2-8-9-4/h1-2H,3H2,(H,7,12)(H,8,9)(H,10,11). The number of aromatic nitrogens is 2. The predicted octanol–water partition coefficient (Wildman–Crippen LogP) is -0.776. The molecule has 0 aliphatic heterocycles. The van der Waals surface area contributed by atoms with Crippen molar-refractivity contribution in [3.8, 4) is 0 Å². The molecule has 0 fully saturated rings. The molecular formula is C6H7N3O3.